The summed E-state index contributed by atoms with van der Waals surface area (Å²) in [5.74, 6) is 1.23. The fourth-order valence-electron chi connectivity index (χ4n) is 3.00. The van der Waals surface area contributed by atoms with Gasteiger partial charge in [-0.2, -0.15) is 0 Å². The second-order valence-electron chi connectivity index (χ2n) is 5.85. The van der Waals surface area contributed by atoms with Crippen molar-refractivity contribution in [2.24, 2.45) is 0 Å². The molecule has 2 aromatic heterocycles. The van der Waals surface area contributed by atoms with Crippen LogP contribution < -0.4 is 0 Å². The fraction of sp³-hybridized carbons (Fsp3) is 0.600. The summed E-state index contributed by atoms with van der Waals surface area (Å²) < 4.78 is 28.4. The summed E-state index contributed by atoms with van der Waals surface area (Å²) in [6.45, 7) is 3.15. The minimum Gasteiger partial charge on any atom is -0.286 e. The minimum absolute atomic E-state index is 0.113. The molecule has 0 spiro atoms. The monoisotopic (exact) mass is 322 g/mol. The van der Waals surface area contributed by atoms with Gasteiger partial charge >= 0.3 is 0 Å². The first-order chi connectivity index (χ1) is 10.6. The molecular formula is C15H22N4O2S. The van der Waals surface area contributed by atoms with Crippen LogP contribution >= 0.6 is 0 Å². The minimum atomic E-state index is -3.15. The van der Waals surface area contributed by atoms with Gasteiger partial charge in [-0.05, 0) is 31.4 Å². The second kappa shape index (κ2) is 6.34. The molecule has 0 bridgehead atoms. The highest BCUT2D eigenvalue weighted by Gasteiger charge is 2.31. The lowest BCUT2D eigenvalue weighted by Gasteiger charge is -2.31. The lowest BCUT2D eigenvalue weighted by molar-refractivity contribution is 0.308. The molecule has 0 unspecified atom stereocenters. The predicted molar refractivity (Wildman–Crippen MR) is 85.2 cm³/mol. The molecule has 22 heavy (non-hydrogen) atoms. The molecule has 0 aromatic carbocycles. The van der Waals surface area contributed by atoms with Crippen molar-refractivity contribution in [3.8, 4) is 0 Å². The van der Waals surface area contributed by atoms with Gasteiger partial charge in [0.1, 0.15) is 5.82 Å². The van der Waals surface area contributed by atoms with Crippen LogP contribution in [0.25, 0.3) is 5.65 Å². The summed E-state index contributed by atoms with van der Waals surface area (Å²) in [6.07, 6.45) is 5.38. The highest BCUT2D eigenvalue weighted by Crippen LogP contribution is 2.27. The lowest BCUT2D eigenvalue weighted by atomic mass is 9.99. The maximum absolute atomic E-state index is 12.4. The molecular weight excluding hydrogens is 300 g/mol. The zero-order valence-corrected chi connectivity index (χ0v) is 13.7. The van der Waals surface area contributed by atoms with Crippen LogP contribution in [-0.4, -0.2) is 46.2 Å². The van der Waals surface area contributed by atoms with E-state index in [9.17, 15) is 8.42 Å². The zero-order valence-electron chi connectivity index (χ0n) is 12.9. The van der Waals surface area contributed by atoms with E-state index in [4.69, 9.17) is 0 Å². The molecule has 1 saturated heterocycles. The average Bonchev–Trinajstić information content (AvgIpc) is 2.97. The summed E-state index contributed by atoms with van der Waals surface area (Å²) in [5, 5.41) is 8.46. The van der Waals surface area contributed by atoms with Crippen molar-refractivity contribution in [3.63, 3.8) is 0 Å². The van der Waals surface area contributed by atoms with E-state index in [2.05, 4.69) is 10.2 Å². The summed E-state index contributed by atoms with van der Waals surface area (Å²) >= 11 is 0. The van der Waals surface area contributed by atoms with Gasteiger partial charge in [0.05, 0.1) is 5.75 Å². The van der Waals surface area contributed by atoms with Crippen LogP contribution in [0, 0.1) is 0 Å². The maximum atomic E-state index is 12.4. The summed E-state index contributed by atoms with van der Waals surface area (Å²) in [6, 6.07) is 5.78. The number of hydrogen-bond donors (Lipinski definition) is 0. The van der Waals surface area contributed by atoms with Crippen molar-refractivity contribution in [1.82, 2.24) is 18.9 Å². The normalized spacial score (nSPS) is 20.5. The number of sulfonamides is 1. The van der Waals surface area contributed by atoms with Crippen LogP contribution in [0.5, 0.6) is 0 Å². The summed E-state index contributed by atoms with van der Waals surface area (Å²) in [7, 11) is -3.15. The SMILES string of the molecule is CCCCS(=O)(=O)N1CCC[C@H](c2nnc3ccccn23)C1. The smallest absolute Gasteiger partial charge is 0.214 e. The molecule has 0 radical (unpaired) electrons. The molecule has 2 aromatic rings. The number of rotatable bonds is 5. The molecule has 120 valence electrons. The van der Waals surface area contributed by atoms with Crippen molar-refractivity contribution in [2.45, 2.75) is 38.5 Å². The third kappa shape index (κ3) is 3.01. The van der Waals surface area contributed by atoms with Gasteiger partial charge in [0, 0.05) is 25.2 Å². The molecule has 6 nitrogen and oxygen atoms in total. The molecule has 0 aliphatic carbocycles. The molecule has 0 saturated carbocycles. The Kier molecular flexibility index (Phi) is 4.44. The predicted octanol–water partition coefficient (Wildman–Crippen LogP) is 2.04. The number of pyridine rings is 1. The lowest BCUT2D eigenvalue weighted by Crippen LogP contribution is -2.40. The third-order valence-electron chi connectivity index (χ3n) is 4.24. The number of fused-ring (bicyclic) bond motifs is 1. The molecule has 1 fully saturated rings. The Morgan fingerprint density at radius 2 is 2.18 bits per heavy atom. The molecule has 0 N–H and O–H groups in total. The van der Waals surface area contributed by atoms with Crippen molar-refractivity contribution < 1.29 is 8.42 Å². The van der Waals surface area contributed by atoms with E-state index in [1.807, 2.05) is 35.7 Å². The first-order valence-electron chi connectivity index (χ1n) is 7.89. The average molecular weight is 322 g/mol. The Morgan fingerprint density at radius 3 is 3.00 bits per heavy atom. The van der Waals surface area contributed by atoms with Crippen LogP contribution in [-0.2, 0) is 10.0 Å². The van der Waals surface area contributed by atoms with Crippen molar-refractivity contribution >= 4 is 15.7 Å². The van der Waals surface area contributed by atoms with Gasteiger partial charge < -0.3 is 0 Å². The van der Waals surface area contributed by atoms with Gasteiger partial charge in [-0.25, -0.2) is 12.7 Å². The van der Waals surface area contributed by atoms with E-state index in [0.29, 0.717) is 13.1 Å². The summed E-state index contributed by atoms with van der Waals surface area (Å²) in [5.41, 5.74) is 0.809. The van der Waals surface area contributed by atoms with E-state index in [1.54, 1.807) is 4.31 Å². The van der Waals surface area contributed by atoms with Crippen LogP contribution in [0.1, 0.15) is 44.3 Å². The Morgan fingerprint density at radius 1 is 1.32 bits per heavy atom. The van der Waals surface area contributed by atoms with Gasteiger partial charge in [0.2, 0.25) is 10.0 Å². The Bertz CT molecular complexity index is 741. The maximum Gasteiger partial charge on any atom is 0.214 e. The summed E-state index contributed by atoms with van der Waals surface area (Å²) in [4.78, 5) is 0. The first-order valence-corrected chi connectivity index (χ1v) is 9.50. The van der Waals surface area contributed by atoms with E-state index < -0.39 is 10.0 Å². The highest BCUT2D eigenvalue weighted by atomic mass is 32.2. The molecule has 1 aliphatic heterocycles. The van der Waals surface area contributed by atoms with Crippen LogP contribution in [0.4, 0.5) is 0 Å². The number of aromatic nitrogens is 3. The van der Waals surface area contributed by atoms with E-state index in [1.165, 1.54) is 0 Å². The number of nitrogens with zero attached hydrogens (tertiary/aromatic N) is 4. The van der Waals surface area contributed by atoms with Gasteiger partial charge in [0.25, 0.3) is 0 Å². The van der Waals surface area contributed by atoms with E-state index in [-0.39, 0.29) is 11.7 Å². The highest BCUT2D eigenvalue weighted by molar-refractivity contribution is 7.89. The largest absolute Gasteiger partial charge is 0.286 e. The van der Waals surface area contributed by atoms with E-state index in [0.717, 1.165) is 37.2 Å². The number of unbranched alkanes of at least 4 members (excludes halogenated alkanes) is 1. The zero-order chi connectivity index (χ0) is 15.6. The molecule has 7 heteroatoms. The van der Waals surface area contributed by atoms with Crippen molar-refractivity contribution in [2.75, 3.05) is 18.8 Å². The van der Waals surface area contributed by atoms with E-state index >= 15 is 0 Å². The standard InChI is InChI=1S/C15H22N4O2S/c1-2-3-11-22(20,21)18-9-6-7-13(12-18)15-17-16-14-8-4-5-10-19(14)15/h4-5,8,10,13H,2-3,6-7,9,11-12H2,1H3/t13-/m0/s1. The van der Waals surface area contributed by atoms with Gasteiger partial charge in [-0.1, -0.05) is 19.4 Å². The second-order valence-corrected chi connectivity index (χ2v) is 7.94. The molecule has 3 rings (SSSR count). The van der Waals surface area contributed by atoms with Crippen molar-refractivity contribution in [1.29, 1.82) is 0 Å². The molecule has 1 atom stereocenters. The van der Waals surface area contributed by atoms with Crippen LogP contribution in [0.3, 0.4) is 0 Å². The molecule has 0 amide bonds. The quantitative estimate of drug-likeness (QED) is 0.845. The Balaban J connectivity index is 1.81. The Hall–Kier alpha value is -1.47. The first kappa shape index (κ1) is 15.4. The van der Waals surface area contributed by atoms with Gasteiger partial charge in [-0.15, -0.1) is 10.2 Å². The van der Waals surface area contributed by atoms with Crippen LogP contribution in [0.15, 0.2) is 24.4 Å². The van der Waals surface area contributed by atoms with Gasteiger partial charge in [0.15, 0.2) is 5.65 Å². The topological polar surface area (TPSA) is 67.6 Å². The molecule has 1 aliphatic rings. The molecule has 3 heterocycles. The van der Waals surface area contributed by atoms with Crippen LogP contribution in [0.2, 0.25) is 0 Å². The number of hydrogen-bond acceptors (Lipinski definition) is 4. The third-order valence-corrected chi connectivity index (χ3v) is 6.16. The number of piperidine rings is 1. The Labute approximate surface area is 131 Å². The van der Waals surface area contributed by atoms with Crippen molar-refractivity contribution in [3.05, 3.63) is 30.2 Å². The fourth-order valence-corrected chi connectivity index (χ4v) is 4.73. The van der Waals surface area contributed by atoms with Gasteiger partial charge in [-0.3, -0.25) is 4.40 Å².